The van der Waals surface area contributed by atoms with Crippen molar-refractivity contribution in [2.45, 2.75) is 13.5 Å². The van der Waals surface area contributed by atoms with Crippen LogP contribution in [0.5, 0.6) is 5.75 Å². The van der Waals surface area contributed by atoms with E-state index in [1.54, 1.807) is 42.5 Å². The SMILES string of the molecule is Cc1ccc(C#N)cc1OCc1ccccc1C(=O)O. The molecule has 0 unspecified atom stereocenters. The number of carbonyl (C=O) groups is 1. The molecule has 0 saturated carbocycles. The molecule has 0 spiro atoms. The quantitative estimate of drug-likeness (QED) is 0.923. The number of hydrogen-bond acceptors (Lipinski definition) is 3. The number of benzene rings is 2. The Labute approximate surface area is 116 Å². The van der Waals surface area contributed by atoms with E-state index in [1.807, 2.05) is 13.0 Å². The van der Waals surface area contributed by atoms with Crippen LogP contribution in [0.4, 0.5) is 0 Å². The lowest BCUT2D eigenvalue weighted by molar-refractivity contribution is 0.0694. The Bertz CT molecular complexity index is 686. The molecule has 0 bridgehead atoms. The van der Waals surface area contributed by atoms with E-state index in [0.717, 1.165) is 5.56 Å². The van der Waals surface area contributed by atoms with Crippen molar-refractivity contribution in [3.05, 3.63) is 64.7 Å². The average Bonchev–Trinajstić information content (AvgIpc) is 2.46. The van der Waals surface area contributed by atoms with E-state index < -0.39 is 5.97 Å². The van der Waals surface area contributed by atoms with Crippen molar-refractivity contribution in [3.8, 4) is 11.8 Å². The van der Waals surface area contributed by atoms with Crippen LogP contribution in [0.2, 0.25) is 0 Å². The molecule has 0 aromatic heterocycles. The third kappa shape index (κ3) is 2.96. The van der Waals surface area contributed by atoms with Gasteiger partial charge >= 0.3 is 5.97 Å². The Morgan fingerprint density at radius 2 is 2.05 bits per heavy atom. The molecule has 0 aliphatic carbocycles. The maximum absolute atomic E-state index is 11.1. The summed E-state index contributed by atoms with van der Waals surface area (Å²) in [6.07, 6.45) is 0. The summed E-state index contributed by atoms with van der Waals surface area (Å²) in [5.74, 6) is -0.393. The van der Waals surface area contributed by atoms with Gasteiger partial charge in [0.15, 0.2) is 0 Å². The van der Waals surface area contributed by atoms with Gasteiger partial charge in [-0.2, -0.15) is 5.26 Å². The topological polar surface area (TPSA) is 70.3 Å². The fraction of sp³-hybridized carbons (Fsp3) is 0.125. The first-order valence-electron chi connectivity index (χ1n) is 6.06. The fourth-order valence-electron chi connectivity index (χ4n) is 1.84. The highest BCUT2D eigenvalue weighted by atomic mass is 16.5. The molecule has 2 rings (SSSR count). The second-order valence-corrected chi connectivity index (χ2v) is 4.34. The molecule has 4 nitrogen and oxygen atoms in total. The highest BCUT2D eigenvalue weighted by Crippen LogP contribution is 2.21. The Kier molecular flexibility index (Phi) is 4.02. The predicted molar refractivity (Wildman–Crippen MR) is 73.6 cm³/mol. The molecule has 2 aromatic rings. The maximum atomic E-state index is 11.1. The fourth-order valence-corrected chi connectivity index (χ4v) is 1.84. The number of aromatic carboxylic acids is 1. The second-order valence-electron chi connectivity index (χ2n) is 4.34. The maximum Gasteiger partial charge on any atom is 0.336 e. The zero-order valence-electron chi connectivity index (χ0n) is 11.0. The summed E-state index contributed by atoms with van der Waals surface area (Å²) in [7, 11) is 0. The number of nitrogens with zero attached hydrogens (tertiary/aromatic N) is 1. The molecule has 0 amide bonds. The number of rotatable bonds is 4. The summed E-state index contributed by atoms with van der Waals surface area (Å²) in [6, 6.07) is 13.9. The van der Waals surface area contributed by atoms with Crippen molar-refractivity contribution in [2.75, 3.05) is 0 Å². The molecule has 4 heteroatoms. The van der Waals surface area contributed by atoms with Crippen LogP contribution in [0.25, 0.3) is 0 Å². The van der Waals surface area contributed by atoms with E-state index in [-0.39, 0.29) is 12.2 Å². The van der Waals surface area contributed by atoms with Crippen molar-refractivity contribution in [2.24, 2.45) is 0 Å². The lowest BCUT2D eigenvalue weighted by Gasteiger charge is -2.11. The molecule has 1 N–H and O–H groups in total. The van der Waals surface area contributed by atoms with E-state index in [2.05, 4.69) is 0 Å². The molecule has 0 saturated heterocycles. The third-order valence-corrected chi connectivity index (χ3v) is 2.95. The van der Waals surface area contributed by atoms with Gasteiger partial charge in [0.1, 0.15) is 12.4 Å². The van der Waals surface area contributed by atoms with Crippen LogP contribution in [0.3, 0.4) is 0 Å². The van der Waals surface area contributed by atoms with Gasteiger partial charge in [-0.25, -0.2) is 4.79 Å². The van der Waals surface area contributed by atoms with Gasteiger partial charge in [0.05, 0.1) is 17.2 Å². The van der Waals surface area contributed by atoms with Crippen LogP contribution in [0, 0.1) is 18.3 Å². The standard InChI is InChI=1S/C16H13NO3/c1-11-6-7-12(9-17)8-15(11)20-10-13-4-2-3-5-14(13)16(18)19/h2-8H,10H2,1H3,(H,18,19). The van der Waals surface area contributed by atoms with Crippen LogP contribution in [-0.4, -0.2) is 11.1 Å². The van der Waals surface area contributed by atoms with E-state index in [1.165, 1.54) is 0 Å². The number of carboxylic acids is 1. The van der Waals surface area contributed by atoms with Gasteiger partial charge in [-0.05, 0) is 30.7 Å². The molecule has 20 heavy (non-hydrogen) atoms. The Morgan fingerprint density at radius 3 is 2.75 bits per heavy atom. The summed E-state index contributed by atoms with van der Waals surface area (Å²) in [5, 5.41) is 18.0. The first-order chi connectivity index (χ1) is 9.61. The van der Waals surface area contributed by atoms with E-state index in [4.69, 9.17) is 15.1 Å². The summed E-state index contributed by atoms with van der Waals surface area (Å²) in [5.41, 5.74) is 2.23. The Morgan fingerprint density at radius 1 is 1.30 bits per heavy atom. The molecule has 0 atom stereocenters. The first kappa shape index (κ1) is 13.6. The summed E-state index contributed by atoms with van der Waals surface area (Å²) >= 11 is 0. The first-order valence-corrected chi connectivity index (χ1v) is 6.06. The van der Waals surface area contributed by atoms with Gasteiger partial charge in [0, 0.05) is 5.56 Å². The van der Waals surface area contributed by atoms with Crippen molar-refractivity contribution in [1.29, 1.82) is 5.26 Å². The van der Waals surface area contributed by atoms with Gasteiger partial charge in [-0.1, -0.05) is 24.3 Å². The van der Waals surface area contributed by atoms with Crippen molar-refractivity contribution in [1.82, 2.24) is 0 Å². The smallest absolute Gasteiger partial charge is 0.336 e. The molecule has 0 fully saturated rings. The monoisotopic (exact) mass is 267 g/mol. The summed E-state index contributed by atoms with van der Waals surface area (Å²) in [4.78, 5) is 11.1. The van der Waals surface area contributed by atoms with E-state index >= 15 is 0 Å². The largest absolute Gasteiger partial charge is 0.489 e. The molecule has 0 aliphatic heterocycles. The van der Waals surface area contributed by atoms with Crippen LogP contribution < -0.4 is 4.74 Å². The van der Waals surface area contributed by atoms with Crippen molar-refractivity contribution >= 4 is 5.97 Å². The van der Waals surface area contributed by atoms with E-state index in [9.17, 15) is 4.79 Å². The van der Waals surface area contributed by atoms with Crippen molar-refractivity contribution < 1.29 is 14.6 Å². The Hall–Kier alpha value is -2.80. The summed E-state index contributed by atoms with van der Waals surface area (Å²) < 4.78 is 5.64. The zero-order valence-corrected chi connectivity index (χ0v) is 11.0. The van der Waals surface area contributed by atoms with E-state index in [0.29, 0.717) is 16.9 Å². The highest BCUT2D eigenvalue weighted by molar-refractivity contribution is 5.89. The average molecular weight is 267 g/mol. The molecular weight excluding hydrogens is 254 g/mol. The second kappa shape index (κ2) is 5.89. The van der Waals surface area contributed by atoms with Gasteiger partial charge in [0.25, 0.3) is 0 Å². The lowest BCUT2D eigenvalue weighted by Crippen LogP contribution is -2.05. The molecule has 0 radical (unpaired) electrons. The minimum absolute atomic E-state index is 0.151. The molecule has 100 valence electrons. The number of aryl methyl sites for hydroxylation is 1. The Balaban J connectivity index is 2.21. The van der Waals surface area contributed by atoms with Gasteiger partial charge in [0.2, 0.25) is 0 Å². The van der Waals surface area contributed by atoms with Gasteiger partial charge in [-0.15, -0.1) is 0 Å². The highest BCUT2D eigenvalue weighted by Gasteiger charge is 2.10. The minimum Gasteiger partial charge on any atom is -0.489 e. The number of carboxylic acid groups (broad SMARTS) is 1. The molecule has 0 heterocycles. The van der Waals surface area contributed by atoms with Crippen molar-refractivity contribution in [3.63, 3.8) is 0 Å². The predicted octanol–water partition coefficient (Wildman–Crippen LogP) is 3.14. The lowest BCUT2D eigenvalue weighted by atomic mass is 10.1. The van der Waals surface area contributed by atoms with Crippen LogP contribution >= 0.6 is 0 Å². The number of nitriles is 1. The molecule has 0 aliphatic rings. The van der Waals surface area contributed by atoms with Crippen LogP contribution in [0.1, 0.15) is 27.0 Å². The van der Waals surface area contributed by atoms with Gasteiger partial charge < -0.3 is 9.84 Å². The number of ether oxygens (including phenoxy) is 1. The third-order valence-electron chi connectivity index (χ3n) is 2.95. The molecular formula is C16H13NO3. The zero-order chi connectivity index (χ0) is 14.5. The summed E-state index contributed by atoms with van der Waals surface area (Å²) in [6.45, 7) is 2.03. The van der Waals surface area contributed by atoms with Gasteiger partial charge in [-0.3, -0.25) is 0 Å². The number of hydrogen-bond donors (Lipinski definition) is 1. The molecule has 2 aromatic carbocycles. The van der Waals surface area contributed by atoms with Crippen LogP contribution in [-0.2, 0) is 6.61 Å². The minimum atomic E-state index is -0.980. The normalized spacial score (nSPS) is 9.80. The van der Waals surface area contributed by atoms with Crippen LogP contribution in [0.15, 0.2) is 42.5 Å².